The van der Waals surface area contributed by atoms with E-state index in [1.165, 1.54) is 18.4 Å². The summed E-state index contributed by atoms with van der Waals surface area (Å²) in [6.45, 7) is 3.85. The minimum Gasteiger partial charge on any atom is -0.229 e. The number of aryl methyl sites for hydroxylation is 1. The molecule has 16 heavy (non-hydrogen) atoms. The predicted octanol–water partition coefficient (Wildman–Crippen LogP) is 2.96. The molecule has 2 nitrogen and oxygen atoms in total. The van der Waals surface area contributed by atoms with E-state index < -0.39 is 9.84 Å². The zero-order valence-corrected chi connectivity index (χ0v) is 10.9. The van der Waals surface area contributed by atoms with E-state index in [1.54, 1.807) is 6.92 Å². The molecule has 0 aliphatic carbocycles. The second-order valence-corrected chi connectivity index (χ2v) is 6.45. The molecule has 90 valence electrons. The van der Waals surface area contributed by atoms with Crippen molar-refractivity contribution in [3.05, 3.63) is 35.4 Å². The highest BCUT2D eigenvalue weighted by molar-refractivity contribution is 7.90. The van der Waals surface area contributed by atoms with Crippen molar-refractivity contribution in [3.63, 3.8) is 0 Å². The standard InChI is InChI=1S/C13H20O2S/c1-3-5-6-12-7-9-13(10-8-12)11-16(14,15)4-2/h7-10H,3-6,11H2,1-2H3. The maximum Gasteiger partial charge on any atom is 0.154 e. The average Bonchev–Trinajstić information content (AvgIpc) is 2.28. The van der Waals surface area contributed by atoms with Crippen molar-refractivity contribution >= 4 is 9.84 Å². The van der Waals surface area contributed by atoms with Crippen molar-refractivity contribution in [1.29, 1.82) is 0 Å². The maximum absolute atomic E-state index is 11.4. The zero-order chi connectivity index (χ0) is 12.0. The van der Waals surface area contributed by atoms with Crippen molar-refractivity contribution in [2.24, 2.45) is 0 Å². The molecule has 0 aromatic heterocycles. The Balaban J connectivity index is 2.65. The fraction of sp³-hybridized carbons (Fsp3) is 0.538. The van der Waals surface area contributed by atoms with E-state index in [1.807, 2.05) is 24.3 Å². The Hall–Kier alpha value is -0.830. The lowest BCUT2D eigenvalue weighted by molar-refractivity contribution is 0.596. The van der Waals surface area contributed by atoms with Crippen LogP contribution in [-0.4, -0.2) is 14.2 Å². The summed E-state index contributed by atoms with van der Waals surface area (Å²) in [5, 5.41) is 0. The molecule has 0 radical (unpaired) electrons. The van der Waals surface area contributed by atoms with Crippen LogP contribution in [0.3, 0.4) is 0 Å². The van der Waals surface area contributed by atoms with Gasteiger partial charge in [0.1, 0.15) is 0 Å². The van der Waals surface area contributed by atoms with E-state index in [0.29, 0.717) is 0 Å². The third kappa shape index (κ3) is 4.35. The third-order valence-corrected chi connectivity index (χ3v) is 4.32. The first-order valence-corrected chi connectivity index (χ1v) is 7.67. The van der Waals surface area contributed by atoms with E-state index in [0.717, 1.165) is 12.0 Å². The van der Waals surface area contributed by atoms with Gasteiger partial charge in [-0.05, 0) is 24.0 Å². The smallest absolute Gasteiger partial charge is 0.154 e. The van der Waals surface area contributed by atoms with E-state index in [9.17, 15) is 8.42 Å². The van der Waals surface area contributed by atoms with Gasteiger partial charge in [0.05, 0.1) is 5.75 Å². The molecule has 1 aromatic carbocycles. The van der Waals surface area contributed by atoms with Crippen LogP contribution >= 0.6 is 0 Å². The van der Waals surface area contributed by atoms with E-state index >= 15 is 0 Å². The summed E-state index contributed by atoms with van der Waals surface area (Å²) in [7, 11) is -2.90. The Morgan fingerprint density at radius 3 is 2.06 bits per heavy atom. The van der Waals surface area contributed by atoms with Crippen LogP contribution in [0.2, 0.25) is 0 Å². The molecule has 0 amide bonds. The average molecular weight is 240 g/mol. The Bertz CT molecular complexity index is 404. The van der Waals surface area contributed by atoms with E-state index in [4.69, 9.17) is 0 Å². The summed E-state index contributed by atoms with van der Waals surface area (Å²) in [5.41, 5.74) is 2.18. The van der Waals surface area contributed by atoms with Crippen molar-refractivity contribution in [2.45, 2.75) is 38.9 Å². The van der Waals surface area contributed by atoms with E-state index in [2.05, 4.69) is 6.92 Å². The molecule has 0 saturated heterocycles. The van der Waals surface area contributed by atoms with Crippen LogP contribution in [0.4, 0.5) is 0 Å². The molecule has 0 fully saturated rings. The quantitative estimate of drug-likeness (QED) is 0.766. The highest BCUT2D eigenvalue weighted by Crippen LogP contribution is 2.10. The molecule has 0 spiro atoms. The first-order valence-electron chi connectivity index (χ1n) is 5.85. The van der Waals surface area contributed by atoms with Crippen LogP contribution in [0.15, 0.2) is 24.3 Å². The lowest BCUT2D eigenvalue weighted by Crippen LogP contribution is -2.06. The molecule has 0 bridgehead atoms. The number of benzene rings is 1. The summed E-state index contributed by atoms with van der Waals surface area (Å²) in [6, 6.07) is 7.93. The van der Waals surface area contributed by atoms with Crippen molar-refractivity contribution < 1.29 is 8.42 Å². The molecule has 0 aliphatic heterocycles. The van der Waals surface area contributed by atoms with Gasteiger partial charge in [-0.2, -0.15) is 0 Å². The number of sulfone groups is 1. The Morgan fingerprint density at radius 1 is 1.00 bits per heavy atom. The molecule has 0 saturated carbocycles. The fourth-order valence-corrected chi connectivity index (χ4v) is 2.44. The van der Waals surface area contributed by atoms with Crippen LogP contribution in [0.1, 0.15) is 37.8 Å². The van der Waals surface area contributed by atoms with Crippen LogP contribution in [0.5, 0.6) is 0 Å². The van der Waals surface area contributed by atoms with Crippen LogP contribution in [0.25, 0.3) is 0 Å². The molecular formula is C13H20O2S. The molecule has 0 N–H and O–H groups in total. The maximum atomic E-state index is 11.4. The molecule has 3 heteroatoms. The normalized spacial score (nSPS) is 11.6. The fourth-order valence-electron chi connectivity index (χ4n) is 1.54. The molecule has 1 rings (SSSR count). The number of unbranched alkanes of at least 4 members (excludes halogenated alkanes) is 1. The lowest BCUT2D eigenvalue weighted by atomic mass is 10.1. The van der Waals surface area contributed by atoms with Gasteiger partial charge in [0.25, 0.3) is 0 Å². The topological polar surface area (TPSA) is 34.1 Å². The lowest BCUT2D eigenvalue weighted by Gasteiger charge is -2.04. The van der Waals surface area contributed by atoms with Crippen LogP contribution < -0.4 is 0 Å². The summed E-state index contributed by atoms with van der Waals surface area (Å²) < 4.78 is 22.9. The monoisotopic (exact) mass is 240 g/mol. The summed E-state index contributed by atoms with van der Waals surface area (Å²) in [6.07, 6.45) is 3.45. The van der Waals surface area contributed by atoms with Crippen LogP contribution in [-0.2, 0) is 22.0 Å². The van der Waals surface area contributed by atoms with Gasteiger partial charge in [0.15, 0.2) is 9.84 Å². The molecule has 1 aromatic rings. The van der Waals surface area contributed by atoms with Gasteiger partial charge in [-0.15, -0.1) is 0 Å². The molecule has 0 unspecified atom stereocenters. The molecular weight excluding hydrogens is 220 g/mol. The summed E-state index contributed by atoms with van der Waals surface area (Å²) in [5.74, 6) is 0.377. The van der Waals surface area contributed by atoms with Crippen molar-refractivity contribution in [2.75, 3.05) is 5.75 Å². The predicted molar refractivity (Wildman–Crippen MR) is 68.2 cm³/mol. The molecule has 0 heterocycles. The summed E-state index contributed by atoms with van der Waals surface area (Å²) in [4.78, 5) is 0. The van der Waals surface area contributed by atoms with Gasteiger partial charge in [0.2, 0.25) is 0 Å². The van der Waals surface area contributed by atoms with Crippen molar-refractivity contribution in [1.82, 2.24) is 0 Å². The van der Waals surface area contributed by atoms with Gasteiger partial charge in [0, 0.05) is 5.75 Å². The van der Waals surface area contributed by atoms with Crippen LogP contribution in [0, 0.1) is 0 Å². The second-order valence-electron chi connectivity index (χ2n) is 4.10. The zero-order valence-electron chi connectivity index (χ0n) is 10.1. The third-order valence-electron chi connectivity index (χ3n) is 2.67. The Morgan fingerprint density at radius 2 is 1.56 bits per heavy atom. The van der Waals surface area contributed by atoms with E-state index in [-0.39, 0.29) is 11.5 Å². The minimum absolute atomic E-state index is 0.164. The van der Waals surface area contributed by atoms with Gasteiger partial charge in [-0.25, -0.2) is 8.42 Å². The van der Waals surface area contributed by atoms with Crippen molar-refractivity contribution in [3.8, 4) is 0 Å². The number of hydrogen-bond donors (Lipinski definition) is 0. The number of rotatable bonds is 6. The van der Waals surface area contributed by atoms with Gasteiger partial charge in [-0.3, -0.25) is 0 Å². The Kier molecular flexibility index (Phi) is 5.00. The molecule has 0 atom stereocenters. The minimum atomic E-state index is -2.90. The summed E-state index contributed by atoms with van der Waals surface area (Å²) >= 11 is 0. The first-order chi connectivity index (χ1) is 7.57. The number of hydrogen-bond acceptors (Lipinski definition) is 2. The Labute approximate surface area is 98.6 Å². The highest BCUT2D eigenvalue weighted by Gasteiger charge is 2.08. The van der Waals surface area contributed by atoms with Gasteiger partial charge < -0.3 is 0 Å². The first kappa shape index (κ1) is 13.2. The SMILES string of the molecule is CCCCc1ccc(CS(=O)(=O)CC)cc1. The largest absolute Gasteiger partial charge is 0.229 e. The second kappa shape index (κ2) is 6.04. The van der Waals surface area contributed by atoms with Gasteiger partial charge >= 0.3 is 0 Å². The highest BCUT2D eigenvalue weighted by atomic mass is 32.2. The van der Waals surface area contributed by atoms with Gasteiger partial charge in [-0.1, -0.05) is 44.5 Å². The molecule has 0 aliphatic rings.